The highest BCUT2D eigenvalue weighted by molar-refractivity contribution is 7.13. The lowest BCUT2D eigenvalue weighted by Crippen LogP contribution is -2.17. The van der Waals surface area contributed by atoms with Gasteiger partial charge in [0.2, 0.25) is 5.95 Å². The van der Waals surface area contributed by atoms with Gasteiger partial charge in [0.1, 0.15) is 23.7 Å². The van der Waals surface area contributed by atoms with Gasteiger partial charge in [-0.05, 0) is 23.1 Å². The van der Waals surface area contributed by atoms with Gasteiger partial charge >= 0.3 is 0 Å². The van der Waals surface area contributed by atoms with Crippen LogP contribution in [0.5, 0.6) is 0 Å². The Morgan fingerprint density at radius 3 is 2.93 bits per heavy atom. The van der Waals surface area contributed by atoms with Gasteiger partial charge in [-0.15, -0.1) is 21.5 Å². The molecule has 0 amide bonds. The molecule has 0 aliphatic heterocycles. The van der Waals surface area contributed by atoms with Crippen molar-refractivity contribution in [2.24, 2.45) is 0 Å². The fourth-order valence-corrected chi connectivity index (χ4v) is 3.33. The van der Waals surface area contributed by atoms with E-state index in [4.69, 9.17) is 0 Å². The van der Waals surface area contributed by atoms with Crippen LogP contribution in [0.2, 0.25) is 0 Å². The average molecular weight is 375 g/mol. The fraction of sp³-hybridized carbons (Fsp3) is 0.0556. The van der Waals surface area contributed by atoms with Crippen LogP contribution in [0.4, 0.5) is 5.95 Å². The molecule has 3 aromatic heterocycles. The molecule has 3 heterocycles. The van der Waals surface area contributed by atoms with Crippen molar-refractivity contribution in [2.75, 3.05) is 5.32 Å². The van der Waals surface area contributed by atoms with E-state index in [2.05, 4.69) is 30.5 Å². The first kappa shape index (κ1) is 16.7. The molecule has 8 nitrogen and oxygen atoms in total. The molecule has 0 radical (unpaired) electrons. The Morgan fingerprint density at radius 1 is 1.26 bits per heavy atom. The molecule has 132 valence electrons. The number of H-pyrrole nitrogens is 2. The second-order valence-corrected chi connectivity index (χ2v) is 6.57. The minimum atomic E-state index is -0.464. The Labute approximate surface area is 157 Å². The summed E-state index contributed by atoms with van der Waals surface area (Å²) in [6, 6.07) is 13.4. The zero-order chi connectivity index (χ0) is 18.6. The summed E-state index contributed by atoms with van der Waals surface area (Å²) in [6.45, 7) is 0.445. The van der Waals surface area contributed by atoms with E-state index in [-0.39, 0.29) is 5.56 Å². The lowest BCUT2D eigenvalue weighted by Gasteiger charge is -2.08. The molecule has 0 saturated heterocycles. The van der Waals surface area contributed by atoms with Gasteiger partial charge in [0.25, 0.3) is 5.56 Å². The van der Waals surface area contributed by atoms with E-state index in [0.717, 1.165) is 16.0 Å². The fourth-order valence-electron chi connectivity index (χ4n) is 2.61. The Kier molecular flexibility index (Phi) is 4.47. The van der Waals surface area contributed by atoms with Crippen LogP contribution in [0.1, 0.15) is 11.1 Å². The van der Waals surface area contributed by atoms with Crippen molar-refractivity contribution in [3.63, 3.8) is 0 Å². The summed E-state index contributed by atoms with van der Waals surface area (Å²) in [4.78, 5) is 23.0. The number of aromatic nitrogens is 5. The highest BCUT2D eigenvalue weighted by Gasteiger charge is 2.14. The Balaban J connectivity index is 1.60. The number of benzene rings is 1. The normalized spacial score (nSPS) is 10.5. The first-order valence-electron chi connectivity index (χ1n) is 8.02. The molecule has 0 fully saturated rings. The summed E-state index contributed by atoms with van der Waals surface area (Å²) in [5.74, 6) is 0.995. The molecule has 4 aromatic rings. The second kappa shape index (κ2) is 7.23. The molecule has 4 rings (SSSR count). The third kappa shape index (κ3) is 3.47. The largest absolute Gasteiger partial charge is 0.352 e. The van der Waals surface area contributed by atoms with E-state index in [1.54, 1.807) is 0 Å². The molecule has 0 aliphatic carbocycles. The quantitative estimate of drug-likeness (QED) is 0.493. The van der Waals surface area contributed by atoms with Gasteiger partial charge in [0.15, 0.2) is 5.82 Å². The smallest absolute Gasteiger partial charge is 0.270 e. The number of aromatic amines is 2. The summed E-state index contributed by atoms with van der Waals surface area (Å²) >= 11 is 1.43. The number of nitrogens with one attached hydrogen (secondary N) is 3. The standard InChI is InChI=1S/C18H13N7OS/c19-8-13-15(14-5-2-6-27-14)23-18(24-17(13)26)20-9-11-3-1-4-12(7-11)16-21-10-22-25-16/h1-7,10H,9H2,(H,21,22,25)(H2,20,23,24,26). The van der Waals surface area contributed by atoms with Gasteiger partial charge < -0.3 is 10.3 Å². The monoisotopic (exact) mass is 375 g/mol. The van der Waals surface area contributed by atoms with Crippen LogP contribution in [0.3, 0.4) is 0 Å². The topological polar surface area (TPSA) is 123 Å². The van der Waals surface area contributed by atoms with Crippen LogP contribution >= 0.6 is 11.3 Å². The maximum atomic E-state index is 12.2. The number of rotatable bonds is 5. The van der Waals surface area contributed by atoms with E-state index in [1.165, 1.54) is 17.7 Å². The second-order valence-electron chi connectivity index (χ2n) is 5.62. The van der Waals surface area contributed by atoms with Crippen molar-refractivity contribution in [2.45, 2.75) is 6.54 Å². The first-order valence-corrected chi connectivity index (χ1v) is 8.90. The van der Waals surface area contributed by atoms with Gasteiger partial charge in [-0.2, -0.15) is 5.26 Å². The van der Waals surface area contributed by atoms with Gasteiger partial charge in [-0.25, -0.2) is 4.98 Å². The van der Waals surface area contributed by atoms with E-state index in [1.807, 2.05) is 47.8 Å². The summed E-state index contributed by atoms with van der Waals surface area (Å²) in [5.41, 5.74) is 1.82. The number of nitrogens with zero attached hydrogens (tertiary/aromatic N) is 4. The maximum absolute atomic E-state index is 12.2. The van der Waals surface area contributed by atoms with E-state index in [9.17, 15) is 10.1 Å². The predicted molar refractivity (Wildman–Crippen MR) is 102 cm³/mol. The SMILES string of the molecule is N#Cc1c(-c2cccs2)nc(NCc2cccc(-c3nnc[nH]3)c2)[nH]c1=O. The van der Waals surface area contributed by atoms with Crippen molar-refractivity contribution < 1.29 is 0 Å². The number of thiophene rings is 1. The van der Waals surface area contributed by atoms with Gasteiger partial charge in [-0.1, -0.05) is 24.3 Å². The van der Waals surface area contributed by atoms with Crippen LogP contribution in [-0.2, 0) is 6.54 Å². The van der Waals surface area contributed by atoms with Gasteiger partial charge in [-0.3, -0.25) is 9.78 Å². The van der Waals surface area contributed by atoms with Crippen molar-refractivity contribution >= 4 is 17.3 Å². The lowest BCUT2D eigenvalue weighted by molar-refractivity contribution is 1.03. The minimum absolute atomic E-state index is 0.00955. The Bertz CT molecular complexity index is 1160. The number of hydrogen-bond donors (Lipinski definition) is 3. The average Bonchev–Trinajstić information content (AvgIpc) is 3.40. The highest BCUT2D eigenvalue weighted by atomic mass is 32.1. The summed E-state index contributed by atoms with van der Waals surface area (Å²) in [6.07, 6.45) is 1.53. The highest BCUT2D eigenvalue weighted by Crippen LogP contribution is 2.25. The van der Waals surface area contributed by atoms with Gasteiger partial charge in [0, 0.05) is 12.1 Å². The molecule has 0 aliphatic rings. The van der Waals surface area contributed by atoms with E-state index >= 15 is 0 Å². The summed E-state index contributed by atoms with van der Waals surface area (Å²) in [5, 5.41) is 22.1. The molecular weight excluding hydrogens is 362 g/mol. The molecule has 1 aromatic carbocycles. The lowest BCUT2D eigenvalue weighted by atomic mass is 10.1. The summed E-state index contributed by atoms with van der Waals surface area (Å²) < 4.78 is 0. The Hall–Kier alpha value is -3.77. The Morgan fingerprint density at radius 2 is 2.19 bits per heavy atom. The first-order chi connectivity index (χ1) is 13.2. The third-order valence-electron chi connectivity index (χ3n) is 3.86. The molecule has 0 unspecified atom stereocenters. The molecule has 3 N–H and O–H groups in total. The third-order valence-corrected chi connectivity index (χ3v) is 4.74. The molecule has 27 heavy (non-hydrogen) atoms. The minimum Gasteiger partial charge on any atom is -0.352 e. The molecule has 0 spiro atoms. The van der Waals surface area contributed by atoms with Crippen molar-refractivity contribution in [3.8, 4) is 28.0 Å². The zero-order valence-corrected chi connectivity index (χ0v) is 14.7. The molecule has 0 bridgehead atoms. The summed E-state index contributed by atoms with van der Waals surface area (Å²) in [7, 11) is 0. The van der Waals surface area contributed by atoms with Crippen molar-refractivity contribution in [1.82, 2.24) is 25.1 Å². The zero-order valence-electron chi connectivity index (χ0n) is 13.9. The van der Waals surface area contributed by atoms with Crippen LogP contribution in [0.15, 0.2) is 52.9 Å². The van der Waals surface area contributed by atoms with Crippen molar-refractivity contribution in [3.05, 3.63) is 69.6 Å². The molecule has 0 atom stereocenters. The van der Waals surface area contributed by atoms with Crippen LogP contribution in [-0.4, -0.2) is 25.1 Å². The van der Waals surface area contributed by atoms with Crippen molar-refractivity contribution in [1.29, 1.82) is 5.26 Å². The molecular formula is C18H13N7OS. The number of hydrogen-bond acceptors (Lipinski definition) is 7. The van der Waals surface area contributed by atoms with E-state index in [0.29, 0.717) is 24.0 Å². The maximum Gasteiger partial charge on any atom is 0.270 e. The predicted octanol–water partition coefficient (Wildman–Crippen LogP) is 2.77. The van der Waals surface area contributed by atoms with Crippen LogP contribution in [0, 0.1) is 11.3 Å². The van der Waals surface area contributed by atoms with Crippen LogP contribution < -0.4 is 10.9 Å². The van der Waals surface area contributed by atoms with Crippen LogP contribution in [0.25, 0.3) is 22.0 Å². The van der Waals surface area contributed by atoms with E-state index < -0.39 is 5.56 Å². The molecule has 0 saturated carbocycles. The van der Waals surface area contributed by atoms with Gasteiger partial charge in [0.05, 0.1) is 4.88 Å². The number of anilines is 1. The molecule has 9 heteroatoms. The number of nitriles is 1.